The molecule has 0 saturated carbocycles. The lowest BCUT2D eigenvalue weighted by molar-refractivity contribution is -0.385. The summed E-state index contributed by atoms with van der Waals surface area (Å²) in [4.78, 5) is 33.9. The topological polar surface area (TPSA) is 105 Å². The highest BCUT2D eigenvalue weighted by molar-refractivity contribution is 6.01. The van der Waals surface area contributed by atoms with E-state index in [1.165, 1.54) is 19.2 Å². The van der Waals surface area contributed by atoms with E-state index < -0.39 is 22.8 Å². The Kier molecular flexibility index (Phi) is 5.23. The lowest BCUT2D eigenvalue weighted by atomic mass is 9.94. The number of aryl methyl sites for hydroxylation is 1. The van der Waals surface area contributed by atoms with Crippen molar-refractivity contribution in [2.24, 2.45) is 0 Å². The molecule has 1 aromatic rings. The van der Waals surface area contributed by atoms with Gasteiger partial charge in [0.1, 0.15) is 0 Å². The van der Waals surface area contributed by atoms with Gasteiger partial charge in [-0.2, -0.15) is 0 Å². The second-order valence-electron chi connectivity index (χ2n) is 4.12. The van der Waals surface area contributed by atoms with E-state index in [-0.39, 0.29) is 17.0 Å². The van der Waals surface area contributed by atoms with Crippen molar-refractivity contribution in [3.63, 3.8) is 0 Å². The molecule has 114 valence electrons. The zero-order chi connectivity index (χ0) is 16.2. The van der Waals surface area contributed by atoms with Crippen LogP contribution in [0.2, 0.25) is 0 Å². The Bertz CT molecular complexity index is 566. The predicted octanol–water partition coefficient (Wildman–Crippen LogP) is 1.34. The predicted molar refractivity (Wildman–Crippen MR) is 71.2 cm³/mol. The van der Waals surface area contributed by atoms with Crippen LogP contribution in [0.3, 0.4) is 0 Å². The van der Waals surface area contributed by atoms with E-state index in [2.05, 4.69) is 9.47 Å². The Morgan fingerprint density at radius 3 is 2.05 bits per heavy atom. The lowest BCUT2D eigenvalue weighted by Gasteiger charge is -2.16. The van der Waals surface area contributed by atoms with Gasteiger partial charge in [-0.15, -0.1) is 0 Å². The number of methoxy groups -OCH3 is 3. The van der Waals surface area contributed by atoms with E-state index in [4.69, 9.17) is 4.74 Å². The highest BCUT2D eigenvalue weighted by Crippen LogP contribution is 2.34. The van der Waals surface area contributed by atoms with Gasteiger partial charge in [0.25, 0.3) is 0 Å². The highest BCUT2D eigenvalue weighted by atomic mass is 16.6. The van der Waals surface area contributed by atoms with Crippen molar-refractivity contribution in [3.05, 3.63) is 33.4 Å². The Morgan fingerprint density at radius 2 is 1.67 bits per heavy atom. The maximum atomic E-state index is 11.8. The molecule has 0 N–H and O–H groups in total. The largest absolute Gasteiger partial charge is 0.490 e. The third kappa shape index (κ3) is 3.28. The van der Waals surface area contributed by atoms with E-state index in [1.807, 2.05) is 0 Å². The molecule has 0 aromatic heterocycles. The average molecular weight is 297 g/mol. The van der Waals surface area contributed by atoms with Crippen molar-refractivity contribution in [1.29, 1.82) is 0 Å². The Hall–Kier alpha value is -2.64. The molecule has 0 amide bonds. The fourth-order valence-corrected chi connectivity index (χ4v) is 1.89. The molecule has 1 aromatic carbocycles. The summed E-state index contributed by atoms with van der Waals surface area (Å²) in [6.07, 6.45) is 0. The molecule has 0 saturated heterocycles. The van der Waals surface area contributed by atoms with Gasteiger partial charge in [-0.1, -0.05) is 0 Å². The summed E-state index contributed by atoms with van der Waals surface area (Å²) in [5, 5.41) is 10.9. The molecule has 8 heteroatoms. The van der Waals surface area contributed by atoms with Gasteiger partial charge in [0, 0.05) is 6.07 Å². The fraction of sp³-hybridized carbons (Fsp3) is 0.385. The molecule has 0 aliphatic heterocycles. The first-order valence-corrected chi connectivity index (χ1v) is 5.85. The molecule has 0 aliphatic rings. The van der Waals surface area contributed by atoms with Gasteiger partial charge in [-0.05, 0) is 24.1 Å². The van der Waals surface area contributed by atoms with E-state index >= 15 is 0 Å². The van der Waals surface area contributed by atoms with Crippen molar-refractivity contribution in [3.8, 4) is 5.75 Å². The number of nitro benzene ring substituents is 1. The number of hydrogen-bond donors (Lipinski definition) is 0. The van der Waals surface area contributed by atoms with E-state index in [9.17, 15) is 19.7 Å². The molecule has 21 heavy (non-hydrogen) atoms. The minimum absolute atomic E-state index is 0.0570. The summed E-state index contributed by atoms with van der Waals surface area (Å²) < 4.78 is 14.1. The molecule has 0 radical (unpaired) electrons. The highest BCUT2D eigenvalue weighted by Gasteiger charge is 2.33. The molecule has 0 heterocycles. The maximum absolute atomic E-state index is 11.8. The second kappa shape index (κ2) is 6.69. The molecule has 0 bridgehead atoms. The van der Waals surface area contributed by atoms with Gasteiger partial charge in [0.15, 0.2) is 11.7 Å². The Labute approximate surface area is 120 Å². The molecule has 1 rings (SSSR count). The first-order valence-electron chi connectivity index (χ1n) is 5.85. The standard InChI is InChI=1S/C13H15NO7/c1-7-5-9(14(17)18)10(19-2)6-8(7)11(12(15)20-3)13(16)21-4/h5-6,11H,1-4H3. The lowest BCUT2D eigenvalue weighted by Crippen LogP contribution is -2.25. The Balaban J connectivity index is 3.49. The summed E-state index contributed by atoms with van der Waals surface area (Å²) in [6.45, 7) is 1.54. The molecular weight excluding hydrogens is 282 g/mol. The monoisotopic (exact) mass is 297 g/mol. The third-order valence-corrected chi connectivity index (χ3v) is 2.95. The molecular formula is C13H15NO7. The van der Waals surface area contributed by atoms with Gasteiger partial charge in [0.2, 0.25) is 0 Å². The molecule has 0 atom stereocenters. The van der Waals surface area contributed by atoms with Crippen LogP contribution in [0.5, 0.6) is 5.75 Å². The van der Waals surface area contributed by atoms with Crippen LogP contribution >= 0.6 is 0 Å². The summed E-state index contributed by atoms with van der Waals surface area (Å²) in [5.41, 5.74) is 0.353. The number of nitro groups is 1. The van der Waals surface area contributed by atoms with Crippen molar-refractivity contribution in [2.45, 2.75) is 12.8 Å². The SMILES string of the molecule is COC(=O)C(C(=O)OC)c1cc(OC)c([N+](=O)[O-])cc1C. The van der Waals surface area contributed by atoms with Crippen molar-refractivity contribution < 1.29 is 28.7 Å². The van der Waals surface area contributed by atoms with Crippen LogP contribution in [0.25, 0.3) is 0 Å². The first kappa shape index (κ1) is 16.4. The minimum Gasteiger partial charge on any atom is -0.490 e. The number of carbonyl (C=O) groups excluding carboxylic acids is 2. The normalized spacial score (nSPS) is 10.1. The molecule has 0 unspecified atom stereocenters. The van der Waals surface area contributed by atoms with Crippen molar-refractivity contribution in [1.82, 2.24) is 0 Å². The van der Waals surface area contributed by atoms with Crippen LogP contribution in [0.1, 0.15) is 17.0 Å². The maximum Gasteiger partial charge on any atom is 0.324 e. The number of rotatable bonds is 5. The number of carbonyl (C=O) groups is 2. The molecule has 0 aliphatic carbocycles. The number of hydrogen-bond acceptors (Lipinski definition) is 7. The third-order valence-electron chi connectivity index (χ3n) is 2.95. The van der Waals surface area contributed by atoms with Crippen LogP contribution < -0.4 is 4.74 Å². The first-order chi connectivity index (χ1) is 9.87. The summed E-state index contributed by atoms with van der Waals surface area (Å²) in [5.74, 6) is -3.02. The van der Waals surface area contributed by atoms with E-state index in [0.717, 1.165) is 14.2 Å². The number of benzene rings is 1. The quantitative estimate of drug-likeness (QED) is 0.349. The van der Waals surface area contributed by atoms with Crippen LogP contribution in [0.4, 0.5) is 5.69 Å². The second-order valence-corrected chi connectivity index (χ2v) is 4.12. The number of esters is 2. The van der Waals surface area contributed by atoms with Crippen LogP contribution in [-0.2, 0) is 19.1 Å². The van der Waals surface area contributed by atoms with Gasteiger partial charge in [-0.3, -0.25) is 19.7 Å². The summed E-state index contributed by atoms with van der Waals surface area (Å²) in [6, 6.07) is 2.50. The fourth-order valence-electron chi connectivity index (χ4n) is 1.89. The minimum atomic E-state index is -1.32. The van der Waals surface area contributed by atoms with Crippen LogP contribution in [0.15, 0.2) is 12.1 Å². The number of ether oxygens (including phenoxy) is 3. The summed E-state index contributed by atoms with van der Waals surface area (Å²) in [7, 11) is 3.53. The van der Waals surface area contributed by atoms with Gasteiger partial charge in [0.05, 0.1) is 26.3 Å². The zero-order valence-electron chi connectivity index (χ0n) is 12.0. The van der Waals surface area contributed by atoms with Crippen LogP contribution in [0, 0.1) is 17.0 Å². The van der Waals surface area contributed by atoms with Gasteiger partial charge in [-0.25, -0.2) is 0 Å². The van der Waals surface area contributed by atoms with E-state index in [0.29, 0.717) is 5.56 Å². The van der Waals surface area contributed by atoms with Crippen LogP contribution in [-0.4, -0.2) is 38.2 Å². The van der Waals surface area contributed by atoms with E-state index in [1.54, 1.807) is 6.92 Å². The molecule has 0 spiro atoms. The summed E-state index contributed by atoms with van der Waals surface area (Å²) >= 11 is 0. The zero-order valence-corrected chi connectivity index (χ0v) is 12.0. The molecule has 8 nitrogen and oxygen atoms in total. The average Bonchev–Trinajstić information content (AvgIpc) is 2.47. The van der Waals surface area contributed by atoms with Gasteiger partial charge < -0.3 is 14.2 Å². The van der Waals surface area contributed by atoms with Crippen molar-refractivity contribution >= 4 is 17.6 Å². The van der Waals surface area contributed by atoms with Crippen molar-refractivity contribution in [2.75, 3.05) is 21.3 Å². The Morgan fingerprint density at radius 1 is 1.14 bits per heavy atom. The molecule has 0 fully saturated rings. The van der Waals surface area contributed by atoms with Gasteiger partial charge >= 0.3 is 17.6 Å². The number of nitrogens with zero attached hydrogens (tertiary/aromatic N) is 1. The smallest absolute Gasteiger partial charge is 0.324 e.